The van der Waals surface area contributed by atoms with Crippen molar-refractivity contribution in [2.45, 2.75) is 55.7 Å². The highest BCUT2D eigenvalue weighted by molar-refractivity contribution is 6.30. The number of pyridine rings is 1. The number of aromatic nitrogens is 1. The lowest BCUT2D eigenvalue weighted by atomic mass is 9.85. The number of morpholine rings is 1. The first-order chi connectivity index (χ1) is 21.0. The van der Waals surface area contributed by atoms with Crippen LogP contribution in [-0.2, 0) is 20.7 Å². The Labute approximate surface area is 257 Å². The molecule has 0 unspecified atom stereocenters. The summed E-state index contributed by atoms with van der Waals surface area (Å²) in [6, 6.07) is 10.4. The molecule has 0 bridgehead atoms. The second-order valence-electron chi connectivity index (χ2n) is 11.0. The minimum atomic E-state index is -4.90. The molecular weight excluding hydrogens is 604 g/mol. The molecule has 3 aromatic rings. The molecule has 0 aliphatic carbocycles. The van der Waals surface area contributed by atoms with E-state index in [0.29, 0.717) is 42.3 Å². The van der Waals surface area contributed by atoms with Crippen molar-refractivity contribution in [1.29, 1.82) is 0 Å². The highest BCUT2D eigenvalue weighted by atomic mass is 35.5. The molecule has 0 saturated carbocycles. The molecule has 8 nitrogen and oxygen atoms in total. The van der Waals surface area contributed by atoms with Gasteiger partial charge in [0.1, 0.15) is 11.6 Å². The van der Waals surface area contributed by atoms with Gasteiger partial charge in [-0.2, -0.15) is 0 Å². The maximum absolute atomic E-state index is 15.1. The number of alkyl halides is 3. The number of anilines is 1. The van der Waals surface area contributed by atoms with Crippen molar-refractivity contribution < 1.29 is 36.6 Å². The highest BCUT2D eigenvalue weighted by Gasteiger charge is 2.39. The second-order valence-corrected chi connectivity index (χ2v) is 11.5. The van der Waals surface area contributed by atoms with Crippen LogP contribution >= 0.6 is 11.6 Å². The van der Waals surface area contributed by atoms with E-state index in [1.165, 1.54) is 18.3 Å². The largest absolute Gasteiger partial charge is 0.573 e. The summed E-state index contributed by atoms with van der Waals surface area (Å²) in [7, 11) is 0. The summed E-state index contributed by atoms with van der Waals surface area (Å²) in [5, 5.41) is 6.55. The van der Waals surface area contributed by atoms with Crippen molar-refractivity contribution >= 4 is 23.2 Å². The first kappa shape index (κ1) is 32.1. The van der Waals surface area contributed by atoms with Crippen molar-refractivity contribution in [1.82, 2.24) is 10.3 Å². The molecule has 2 fully saturated rings. The number of rotatable bonds is 9. The van der Waals surface area contributed by atoms with Crippen molar-refractivity contribution in [3.63, 3.8) is 0 Å². The molecule has 3 atom stereocenters. The van der Waals surface area contributed by atoms with Crippen LogP contribution in [-0.4, -0.2) is 61.3 Å². The SMILES string of the molecule is N[C@H](C(=O)Nc1cncc(F)c1CC[C@@H]1CNCC2(CCOCC2)O1)[C@@H](c1ccc(Cl)cc1)c1cccc(OC(F)(F)F)c1. The molecule has 2 aliphatic rings. The van der Waals surface area contributed by atoms with Gasteiger partial charge in [0, 0.05) is 55.6 Å². The summed E-state index contributed by atoms with van der Waals surface area (Å²) in [6.07, 6.45) is -0.343. The standard InChI is InChI=1S/C31H33ClF4N4O4/c32-21-6-4-19(5-7-21)27(20-2-1-3-22(14-20)44-31(34,35)36)28(37)29(41)40-26-17-38-16-25(33)24(26)9-8-23-15-39-18-30(43-23)10-12-42-13-11-30/h1-7,14,16-17,23,27-28,39H,8-13,15,18,37H2,(H,40,41)/t23-,27+,28+/m1/s1. The van der Waals surface area contributed by atoms with Gasteiger partial charge in [-0.05, 0) is 48.2 Å². The quantitative estimate of drug-likeness (QED) is 0.272. The van der Waals surface area contributed by atoms with E-state index in [2.05, 4.69) is 20.4 Å². The molecule has 2 saturated heterocycles. The van der Waals surface area contributed by atoms with Crippen LogP contribution in [0, 0.1) is 5.82 Å². The zero-order valence-electron chi connectivity index (χ0n) is 23.7. The van der Waals surface area contributed by atoms with Crippen LogP contribution in [0.15, 0.2) is 60.9 Å². The smallest absolute Gasteiger partial charge is 0.406 e. The topological polar surface area (TPSA) is 108 Å². The number of ether oxygens (including phenoxy) is 3. The molecule has 1 spiro atoms. The lowest BCUT2D eigenvalue weighted by Gasteiger charge is -2.44. The lowest BCUT2D eigenvalue weighted by molar-refractivity contribution is -0.274. The molecule has 2 aliphatic heterocycles. The average molecular weight is 637 g/mol. The molecule has 4 N–H and O–H groups in total. The molecule has 44 heavy (non-hydrogen) atoms. The minimum absolute atomic E-state index is 0.152. The minimum Gasteiger partial charge on any atom is -0.406 e. The summed E-state index contributed by atoms with van der Waals surface area (Å²) in [5.74, 6) is -2.63. The van der Waals surface area contributed by atoms with Crippen LogP contribution in [0.25, 0.3) is 0 Å². The second kappa shape index (κ2) is 13.8. The summed E-state index contributed by atoms with van der Waals surface area (Å²) in [6.45, 7) is 2.60. The van der Waals surface area contributed by atoms with Crippen molar-refractivity contribution in [3.8, 4) is 5.75 Å². The number of halogens is 5. The Morgan fingerprint density at radius 2 is 1.91 bits per heavy atom. The van der Waals surface area contributed by atoms with E-state index in [0.717, 1.165) is 31.6 Å². The van der Waals surface area contributed by atoms with E-state index in [1.807, 2.05) is 0 Å². The first-order valence-corrected chi connectivity index (χ1v) is 14.7. The fourth-order valence-electron chi connectivity index (χ4n) is 5.78. The number of benzene rings is 2. The summed E-state index contributed by atoms with van der Waals surface area (Å²) in [5.41, 5.74) is 7.42. The number of hydrogen-bond donors (Lipinski definition) is 3. The fourth-order valence-corrected chi connectivity index (χ4v) is 5.90. The van der Waals surface area contributed by atoms with Crippen LogP contribution < -0.4 is 21.1 Å². The normalized spacial score (nSPS) is 19.7. The van der Waals surface area contributed by atoms with Crippen LogP contribution in [0.3, 0.4) is 0 Å². The summed E-state index contributed by atoms with van der Waals surface area (Å²) < 4.78 is 69.9. The average Bonchev–Trinajstić information content (AvgIpc) is 2.98. The van der Waals surface area contributed by atoms with Crippen LogP contribution in [0.2, 0.25) is 5.02 Å². The zero-order chi connectivity index (χ0) is 31.3. The third kappa shape index (κ3) is 8.05. The van der Waals surface area contributed by atoms with E-state index in [1.54, 1.807) is 30.3 Å². The summed E-state index contributed by atoms with van der Waals surface area (Å²) in [4.78, 5) is 17.5. The van der Waals surface area contributed by atoms with Crippen LogP contribution in [0.1, 0.15) is 41.9 Å². The van der Waals surface area contributed by atoms with Gasteiger partial charge in [0.25, 0.3) is 0 Å². The van der Waals surface area contributed by atoms with Gasteiger partial charge < -0.3 is 30.6 Å². The van der Waals surface area contributed by atoms with Gasteiger partial charge in [0.15, 0.2) is 0 Å². The van der Waals surface area contributed by atoms with E-state index < -0.39 is 35.8 Å². The number of carbonyl (C=O) groups excluding carboxylic acids is 1. The van der Waals surface area contributed by atoms with Gasteiger partial charge in [0.2, 0.25) is 5.91 Å². The van der Waals surface area contributed by atoms with Gasteiger partial charge in [0.05, 0.1) is 35.8 Å². The van der Waals surface area contributed by atoms with E-state index in [4.69, 9.17) is 26.8 Å². The monoisotopic (exact) mass is 636 g/mol. The zero-order valence-corrected chi connectivity index (χ0v) is 24.5. The molecule has 1 amide bonds. The molecule has 0 radical (unpaired) electrons. The van der Waals surface area contributed by atoms with Gasteiger partial charge in [-0.3, -0.25) is 9.78 Å². The number of amides is 1. The van der Waals surface area contributed by atoms with Crippen molar-refractivity contribution in [3.05, 3.63) is 88.5 Å². The number of hydrogen-bond acceptors (Lipinski definition) is 7. The van der Waals surface area contributed by atoms with Crippen molar-refractivity contribution in [2.24, 2.45) is 5.73 Å². The Bertz CT molecular complexity index is 1430. The Balaban J connectivity index is 1.35. The predicted octanol–water partition coefficient (Wildman–Crippen LogP) is 5.34. The molecule has 13 heteroatoms. The molecular formula is C31H33ClF4N4O4. The molecule has 5 rings (SSSR count). The predicted molar refractivity (Wildman–Crippen MR) is 156 cm³/mol. The van der Waals surface area contributed by atoms with E-state index in [-0.39, 0.29) is 29.4 Å². The Hall–Kier alpha value is -3.29. The van der Waals surface area contributed by atoms with Crippen LogP contribution in [0.5, 0.6) is 5.75 Å². The summed E-state index contributed by atoms with van der Waals surface area (Å²) >= 11 is 6.05. The molecule has 1 aromatic heterocycles. The highest BCUT2D eigenvalue weighted by Crippen LogP contribution is 2.34. The maximum Gasteiger partial charge on any atom is 0.573 e. The fraction of sp³-hybridized carbons (Fsp3) is 0.419. The van der Waals surface area contributed by atoms with E-state index in [9.17, 15) is 18.0 Å². The van der Waals surface area contributed by atoms with Crippen molar-refractivity contribution in [2.75, 3.05) is 31.6 Å². The van der Waals surface area contributed by atoms with Gasteiger partial charge in [-0.25, -0.2) is 4.39 Å². The van der Waals surface area contributed by atoms with Crippen LogP contribution in [0.4, 0.5) is 23.2 Å². The van der Waals surface area contributed by atoms with Gasteiger partial charge in [-0.1, -0.05) is 35.9 Å². The number of nitrogens with one attached hydrogen (secondary N) is 2. The third-order valence-corrected chi connectivity index (χ3v) is 8.21. The third-order valence-electron chi connectivity index (χ3n) is 7.96. The van der Waals surface area contributed by atoms with Gasteiger partial charge >= 0.3 is 6.36 Å². The van der Waals surface area contributed by atoms with Gasteiger partial charge in [-0.15, -0.1) is 13.2 Å². The number of nitrogens with two attached hydrogens (primary N) is 1. The molecule has 3 heterocycles. The Morgan fingerprint density at radius 1 is 1.16 bits per heavy atom. The number of carbonyl (C=O) groups is 1. The Morgan fingerprint density at radius 3 is 2.64 bits per heavy atom. The van der Waals surface area contributed by atoms with E-state index >= 15 is 4.39 Å². The lowest BCUT2D eigenvalue weighted by Crippen LogP contribution is -2.56. The first-order valence-electron chi connectivity index (χ1n) is 14.3. The molecule has 236 valence electrons. The number of nitrogens with zero attached hydrogens (tertiary/aromatic N) is 1. The molecule has 2 aromatic carbocycles. The Kier molecular flexibility index (Phi) is 10.1. The maximum atomic E-state index is 15.1.